The van der Waals surface area contributed by atoms with Gasteiger partial charge in [0.15, 0.2) is 6.10 Å². The van der Waals surface area contributed by atoms with Gasteiger partial charge in [-0.15, -0.1) is 0 Å². The molecule has 0 aromatic carbocycles. The minimum Gasteiger partial charge on any atom is -0.462 e. The number of rotatable bonds is 49. The van der Waals surface area contributed by atoms with Gasteiger partial charge in [-0.2, -0.15) is 0 Å². The van der Waals surface area contributed by atoms with Crippen LogP contribution >= 0.6 is 0 Å². The summed E-state index contributed by atoms with van der Waals surface area (Å²) >= 11 is 0. The topological polar surface area (TPSA) is 78.9 Å². The number of carbonyl (C=O) groups is 3. The molecule has 6 heteroatoms. The largest absolute Gasteiger partial charge is 0.462 e. The number of allylic oxidation sites excluding steroid dienone is 10. The van der Waals surface area contributed by atoms with E-state index in [-0.39, 0.29) is 31.1 Å². The van der Waals surface area contributed by atoms with E-state index in [1.165, 1.54) is 135 Å². The van der Waals surface area contributed by atoms with Gasteiger partial charge in [-0.25, -0.2) is 0 Å². The molecule has 0 amide bonds. The van der Waals surface area contributed by atoms with E-state index in [1.54, 1.807) is 0 Å². The smallest absolute Gasteiger partial charge is 0.306 e. The van der Waals surface area contributed by atoms with Crippen LogP contribution in [0.2, 0.25) is 0 Å². The van der Waals surface area contributed by atoms with Gasteiger partial charge in [0, 0.05) is 19.3 Å². The first-order chi connectivity index (χ1) is 31.5. The fourth-order valence-corrected chi connectivity index (χ4v) is 7.70. The van der Waals surface area contributed by atoms with Crippen molar-refractivity contribution in [2.24, 2.45) is 0 Å². The van der Waals surface area contributed by atoms with Crippen LogP contribution in [-0.2, 0) is 28.6 Å². The summed E-state index contributed by atoms with van der Waals surface area (Å²) in [6, 6.07) is 0. The van der Waals surface area contributed by atoms with Crippen LogP contribution in [0.15, 0.2) is 60.8 Å². The molecule has 0 aliphatic rings. The van der Waals surface area contributed by atoms with Crippen molar-refractivity contribution in [3.8, 4) is 0 Å². The Bertz CT molecular complexity index is 1170. The molecule has 370 valence electrons. The van der Waals surface area contributed by atoms with Crippen molar-refractivity contribution in [3.05, 3.63) is 60.8 Å². The Kier molecular flexibility index (Phi) is 50.4. The van der Waals surface area contributed by atoms with E-state index < -0.39 is 6.10 Å². The van der Waals surface area contributed by atoms with Crippen molar-refractivity contribution >= 4 is 17.9 Å². The van der Waals surface area contributed by atoms with E-state index in [9.17, 15) is 14.4 Å². The fraction of sp³-hybridized carbons (Fsp3) is 0.776. The summed E-state index contributed by atoms with van der Waals surface area (Å²) < 4.78 is 16.7. The number of hydrogen-bond donors (Lipinski definition) is 0. The van der Waals surface area contributed by atoms with E-state index in [2.05, 4.69) is 81.5 Å². The van der Waals surface area contributed by atoms with Crippen LogP contribution in [-0.4, -0.2) is 37.2 Å². The van der Waals surface area contributed by atoms with Crippen LogP contribution in [0.4, 0.5) is 0 Å². The monoisotopic (exact) mass is 895 g/mol. The first-order valence-corrected chi connectivity index (χ1v) is 27.3. The lowest BCUT2D eigenvalue weighted by Crippen LogP contribution is -2.30. The predicted molar refractivity (Wildman–Crippen MR) is 275 cm³/mol. The molecule has 0 radical (unpaired) electrons. The fourth-order valence-electron chi connectivity index (χ4n) is 7.70. The summed E-state index contributed by atoms with van der Waals surface area (Å²) in [6.45, 7) is 6.46. The summed E-state index contributed by atoms with van der Waals surface area (Å²) in [7, 11) is 0. The van der Waals surface area contributed by atoms with Gasteiger partial charge in [0.1, 0.15) is 13.2 Å². The van der Waals surface area contributed by atoms with Crippen molar-refractivity contribution in [1.29, 1.82) is 0 Å². The van der Waals surface area contributed by atoms with E-state index in [0.29, 0.717) is 19.3 Å². The van der Waals surface area contributed by atoms with Gasteiger partial charge >= 0.3 is 17.9 Å². The van der Waals surface area contributed by atoms with Crippen molar-refractivity contribution in [2.75, 3.05) is 13.2 Å². The lowest BCUT2D eigenvalue weighted by atomic mass is 10.0. The molecule has 1 unspecified atom stereocenters. The number of ether oxygens (including phenoxy) is 3. The molecule has 0 heterocycles. The van der Waals surface area contributed by atoms with Gasteiger partial charge < -0.3 is 14.2 Å². The van der Waals surface area contributed by atoms with Gasteiger partial charge in [0.2, 0.25) is 0 Å². The molecule has 1 atom stereocenters. The standard InChI is InChI=1S/C58H102O6/c1-4-7-10-13-16-18-20-22-24-26-28-29-31-32-34-36-38-40-42-45-48-51-57(60)63-54-55(53-62-56(59)50-47-44-15-12-9-6-3)64-58(61)52-49-46-43-41-39-37-35-33-30-27-25-23-21-19-17-14-11-8-5-2/h8,11,17,19,23,25,30,33,37,39,55H,4-7,9-10,12-16,18,20-22,24,26-29,31-32,34-36,38,40-54H2,1-3H3/b11-8-,19-17-,25-23-,33-30-,39-37-. The summed E-state index contributed by atoms with van der Waals surface area (Å²) in [5, 5.41) is 0. The molecule has 64 heavy (non-hydrogen) atoms. The molecular formula is C58H102O6. The van der Waals surface area contributed by atoms with Crippen molar-refractivity contribution in [2.45, 2.75) is 277 Å². The predicted octanol–water partition coefficient (Wildman–Crippen LogP) is 18.0. The third-order valence-corrected chi connectivity index (χ3v) is 11.8. The molecule has 0 aliphatic heterocycles. The van der Waals surface area contributed by atoms with E-state index in [4.69, 9.17) is 14.2 Å². The zero-order valence-electron chi connectivity index (χ0n) is 42.3. The van der Waals surface area contributed by atoms with Crippen LogP contribution < -0.4 is 0 Å². The molecule has 0 aromatic heterocycles. The average molecular weight is 895 g/mol. The summed E-state index contributed by atoms with van der Waals surface area (Å²) in [6.07, 6.45) is 65.3. The zero-order valence-corrected chi connectivity index (χ0v) is 42.3. The Morgan fingerprint density at radius 3 is 0.953 bits per heavy atom. The van der Waals surface area contributed by atoms with E-state index in [0.717, 1.165) is 96.3 Å². The molecule has 0 bridgehead atoms. The maximum atomic E-state index is 12.8. The average Bonchev–Trinajstić information content (AvgIpc) is 3.29. The summed E-state index contributed by atoms with van der Waals surface area (Å²) in [4.78, 5) is 37.8. The highest BCUT2D eigenvalue weighted by atomic mass is 16.6. The Labute approximate surface area is 396 Å². The SMILES string of the molecule is CC/C=C\C/C=C\C/C=C\C/C=C\C/C=C\CCCCCC(=O)OC(COC(=O)CCCCCCCC)COC(=O)CCCCCCCCCCCCCCCCCCCCCCC. The van der Waals surface area contributed by atoms with Crippen LogP contribution in [0.1, 0.15) is 271 Å². The van der Waals surface area contributed by atoms with Crippen LogP contribution in [0.5, 0.6) is 0 Å². The lowest BCUT2D eigenvalue weighted by molar-refractivity contribution is -0.167. The number of hydrogen-bond acceptors (Lipinski definition) is 6. The molecule has 0 fully saturated rings. The van der Waals surface area contributed by atoms with Crippen molar-refractivity contribution in [1.82, 2.24) is 0 Å². The first kappa shape index (κ1) is 61.1. The highest BCUT2D eigenvalue weighted by Gasteiger charge is 2.19. The Morgan fingerprint density at radius 1 is 0.328 bits per heavy atom. The maximum absolute atomic E-state index is 12.8. The normalized spacial score (nSPS) is 12.5. The van der Waals surface area contributed by atoms with E-state index in [1.807, 2.05) is 0 Å². The lowest BCUT2D eigenvalue weighted by Gasteiger charge is -2.18. The van der Waals surface area contributed by atoms with Gasteiger partial charge in [0.25, 0.3) is 0 Å². The van der Waals surface area contributed by atoms with Crippen LogP contribution in [0, 0.1) is 0 Å². The second-order valence-electron chi connectivity index (χ2n) is 18.1. The van der Waals surface area contributed by atoms with Gasteiger partial charge in [-0.05, 0) is 64.2 Å². The molecule has 0 N–H and O–H groups in total. The van der Waals surface area contributed by atoms with Crippen LogP contribution in [0.25, 0.3) is 0 Å². The third-order valence-electron chi connectivity index (χ3n) is 11.8. The summed E-state index contributed by atoms with van der Waals surface area (Å²) in [5.74, 6) is -0.919. The van der Waals surface area contributed by atoms with Crippen molar-refractivity contribution < 1.29 is 28.6 Å². The van der Waals surface area contributed by atoms with E-state index >= 15 is 0 Å². The highest BCUT2D eigenvalue weighted by Crippen LogP contribution is 2.16. The first-order valence-electron chi connectivity index (χ1n) is 27.3. The minimum atomic E-state index is -0.786. The third kappa shape index (κ3) is 50.1. The maximum Gasteiger partial charge on any atom is 0.306 e. The molecule has 0 saturated carbocycles. The van der Waals surface area contributed by atoms with Gasteiger partial charge in [-0.1, -0.05) is 248 Å². The minimum absolute atomic E-state index is 0.0851. The molecule has 0 saturated heterocycles. The quantitative estimate of drug-likeness (QED) is 0.0262. The highest BCUT2D eigenvalue weighted by molar-refractivity contribution is 5.71. The zero-order chi connectivity index (χ0) is 46.5. The Morgan fingerprint density at radius 2 is 0.609 bits per heavy atom. The molecular weight excluding hydrogens is 793 g/mol. The number of esters is 3. The molecule has 6 nitrogen and oxygen atoms in total. The number of unbranched alkanes of at least 4 members (excludes halogenated alkanes) is 28. The van der Waals surface area contributed by atoms with Gasteiger partial charge in [0.05, 0.1) is 0 Å². The Balaban J connectivity index is 4.20. The summed E-state index contributed by atoms with van der Waals surface area (Å²) in [5.41, 5.74) is 0. The van der Waals surface area contributed by atoms with Crippen molar-refractivity contribution in [3.63, 3.8) is 0 Å². The van der Waals surface area contributed by atoms with Crippen LogP contribution in [0.3, 0.4) is 0 Å². The second-order valence-corrected chi connectivity index (χ2v) is 18.1. The number of carbonyl (C=O) groups excluding carboxylic acids is 3. The molecule has 0 rings (SSSR count). The molecule has 0 spiro atoms. The van der Waals surface area contributed by atoms with Gasteiger partial charge in [-0.3, -0.25) is 14.4 Å². The second kappa shape index (κ2) is 52.7. The molecule has 0 aliphatic carbocycles. The Hall–Kier alpha value is -2.89. The molecule has 0 aromatic rings.